The third-order valence-corrected chi connectivity index (χ3v) is 6.24. The lowest BCUT2D eigenvalue weighted by molar-refractivity contribution is 0.0997. The molecule has 176 valence electrons. The molecule has 3 heterocycles. The molecule has 12 heteroatoms. The number of carbonyl (C=O) groups is 2. The van der Waals surface area contributed by atoms with E-state index in [1.54, 1.807) is 34.7 Å². The van der Waals surface area contributed by atoms with Crippen LogP contribution in [0.1, 0.15) is 21.9 Å². The number of anilines is 1. The molecule has 4 aromatic rings. The van der Waals surface area contributed by atoms with E-state index >= 15 is 0 Å². The smallest absolute Gasteiger partial charge is 0.322 e. The first-order valence-electron chi connectivity index (χ1n) is 10.4. The number of aromatic nitrogens is 3. The zero-order chi connectivity index (χ0) is 24.9. The molecule has 0 aliphatic carbocycles. The number of oxazole rings is 1. The molecule has 0 saturated carbocycles. The first-order valence-corrected chi connectivity index (χ1v) is 11.2. The van der Waals surface area contributed by atoms with Crippen LogP contribution in [0.5, 0.6) is 0 Å². The predicted octanol–water partition coefficient (Wildman–Crippen LogP) is 5.00. The maximum atomic E-state index is 12.9. The van der Waals surface area contributed by atoms with Crippen LogP contribution < -0.4 is 11.1 Å². The van der Waals surface area contributed by atoms with E-state index in [1.807, 2.05) is 0 Å². The van der Waals surface area contributed by atoms with Gasteiger partial charge in [-0.05, 0) is 24.3 Å². The highest BCUT2D eigenvalue weighted by Gasteiger charge is 2.30. The molecule has 2 aromatic carbocycles. The van der Waals surface area contributed by atoms with Crippen LogP contribution >= 0.6 is 23.2 Å². The topological polar surface area (TPSA) is 124 Å². The average molecular weight is 510 g/mol. The van der Waals surface area contributed by atoms with Gasteiger partial charge in [-0.15, -0.1) is 0 Å². The van der Waals surface area contributed by atoms with E-state index in [0.29, 0.717) is 63.4 Å². The second-order valence-corrected chi connectivity index (χ2v) is 8.74. The number of primary amides is 1. The van der Waals surface area contributed by atoms with Crippen molar-refractivity contribution in [1.29, 1.82) is 0 Å². The highest BCUT2D eigenvalue weighted by Crippen LogP contribution is 2.34. The summed E-state index contributed by atoms with van der Waals surface area (Å²) in [5, 5.41) is 7.95. The Hall–Kier alpha value is -4.07. The molecule has 0 bridgehead atoms. The number of rotatable bonds is 3. The van der Waals surface area contributed by atoms with E-state index in [4.69, 9.17) is 39.9 Å². The van der Waals surface area contributed by atoms with Gasteiger partial charge in [-0.2, -0.15) is 5.10 Å². The zero-order valence-corrected chi connectivity index (χ0v) is 19.8. The fourth-order valence-electron chi connectivity index (χ4n) is 4.07. The highest BCUT2D eigenvalue weighted by molar-refractivity contribution is 6.35. The molecule has 2 aromatic heterocycles. The minimum absolute atomic E-state index is 0.115. The van der Waals surface area contributed by atoms with Crippen LogP contribution in [-0.4, -0.2) is 38.1 Å². The second kappa shape index (κ2) is 8.61. The van der Waals surface area contributed by atoms with Crippen molar-refractivity contribution in [3.63, 3.8) is 0 Å². The van der Waals surface area contributed by atoms with Crippen LogP contribution in [0.15, 0.2) is 34.7 Å². The summed E-state index contributed by atoms with van der Waals surface area (Å²) in [6.45, 7) is 9.63. The maximum Gasteiger partial charge on any atom is 0.322 e. The number of benzene rings is 2. The molecule has 0 saturated heterocycles. The van der Waals surface area contributed by atoms with Crippen molar-refractivity contribution >= 4 is 57.6 Å². The Morgan fingerprint density at radius 3 is 2.71 bits per heavy atom. The van der Waals surface area contributed by atoms with Crippen LogP contribution in [0.2, 0.25) is 10.0 Å². The van der Waals surface area contributed by atoms with Crippen LogP contribution in [-0.2, 0) is 13.1 Å². The summed E-state index contributed by atoms with van der Waals surface area (Å²) >= 11 is 12.5. The van der Waals surface area contributed by atoms with Gasteiger partial charge >= 0.3 is 6.03 Å². The van der Waals surface area contributed by atoms with Crippen molar-refractivity contribution in [1.82, 2.24) is 19.7 Å². The fraction of sp³-hybridized carbons (Fsp3) is 0.174. The number of nitrogens with zero attached hydrogens (tertiary/aromatic N) is 5. The molecule has 3 N–H and O–H groups in total. The number of fused-ring (bicyclic) bond motifs is 2. The molecule has 0 atom stereocenters. The first kappa shape index (κ1) is 22.7. The minimum atomic E-state index is -0.669. The largest absolute Gasteiger partial charge is 0.439 e. The molecule has 0 fully saturated rings. The Labute approximate surface area is 209 Å². The normalized spacial score (nSPS) is 12.9. The van der Waals surface area contributed by atoms with E-state index in [0.717, 1.165) is 0 Å². The van der Waals surface area contributed by atoms with Gasteiger partial charge in [-0.1, -0.05) is 29.3 Å². The van der Waals surface area contributed by atoms with E-state index < -0.39 is 5.91 Å². The Balaban J connectivity index is 1.46. The van der Waals surface area contributed by atoms with Gasteiger partial charge in [-0.3, -0.25) is 9.48 Å². The lowest BCUT2D eigenvalue weighted by atomic mass is 10.0. The number of nitrogens with two attached hydrogens (primary N) is 1. The van der Waals surface area contributed by atoms with Crippen LogP contribution in [0.3, 0.4) is 0 Å². The van der Waals surface area contributed by atoms with Crippen LogP contribution in [0.4, 0.5) is 16.2 Å². The molecular formula is C23H17Cl2N7O3. The predicted molar refractivity (Wildman–Crippen MR) is 131 cm³/mol. The highest BCUT2D eigenvalue weighted by atomic mass is 35.5. The van der Waals surface area contributed by atoms with E-state index in [-0.39, 0.29) is 23.2 Å². The summed E-state index contributed by atoms with van der Waals surface area (Å²) in [4.78, 5) is 34.6. The van der Waals surface area contributed by atoms with Crippen molar-refractivity contribution in [3.8, 4) is 11.3 Å². The van der Waals surface area contributed by atoms with Gasteiger partial charge in [0.1, 0.15) is 11.2 Å². The average Bonchev–Trinajstić information content (AvgIpc) is 3.39. The lowest BCUT2D eigenvalue weighted by Crippen LogP contribution is -2.41. The van der Waals surface area contributed by atoms with Crippen LogP contribution in [0.25, 0.3) is 27.2 Å². The Morgan fingerprint density at radius 1 is 1.20 bits per heavy atom. The Kier molecular flexibility index (Phi) is 5.59. The molecule has 10 nitrogen and oxygen atoms in total. The summed E-state index contributed by atoms with van der Waals surface area (Å²) in [5.74, 6) is -0.206. The number of carbonyl (C=O) groups excluding carboxylic acids is 2. The lowest BCUT2D eigenvalue weighted by Gasteiger charge is -2.28. The molecule has 0 unspecified atom stereocenters. The number of hydrogen-bond acceptors (Lipinski definition) is 5. The van der Waals surface area contributed by atoms with Crippen molar-refractivity contribution < 1.29 is 14.0 Å². The van der Waals surface area contributed by atoms with Gasteiger partial charge in [-0.25, -0.2) is 14.6 Å². The van der Waals surface area contributed by atoms with Gasteiger partial charge in [0.05, 0.1) is 35.9 Å². The SMILES string of the molecule is [C-]#[N+]c1ccc(NC(=O)N2CCn3nc(-c4cc(Cl)c5oc(C)nc5c4)c(C(N)=O)c3C2)cc1Cl. The second-order valence-electron chi connectivity index (χ2n) is 7.93. The van der Waals surface area contributed by atoms with Crippen molar-refractivity contribution in [2.45, 2.75) is 20.0 Å². The minimum Gasteiger partial charge on any atom is -0.439 e. The summed E-state index contributed by atoms with van der Waals surface area (Å²) in [5.41, 5.74) is 9.14. The molecule has 5 rings (SSSR count). The first-order chi connectivity index (χ1) is 16.7. The van der Waals surface area contributed by atoms with Crippen molar-refractivity contribution in [2.24, 2.45) is 5.73 Å². The molecule has 35 heavy (non-hydrogen) atoms. The van der Waals surface area contributed by atoms with Gasteiger partial charge < -0.3 is 20.4 Å². The molecule has 0 spiro atoms. The quantitative estimate of drug-likeness (QED) is 0.376. The summed E-state index contributed by atoms with van der Waals surface area (Å²) in [7, 11) is 0. The van der Waals surface area contributed by atoms with Crippen molar-refractivity contribution in [3.05, 3.63) is 68.9 Å². The zero-order valence-electron chi connectivity index (χ0n) is 18.3. The molecular weight excluding hydrogens is 493 g/mol. The van der Waals surface area contributed by atoms with Crippen molar-refractivity contribution in [2.75, 3.05) is 11.9 Å². The van der Waals surface area contributed by atoms with Crippen LogP contribution in [0, 0.1) is 13.5 Å². The summed E-state index contributed by atoms with van der Waals surface area (Å²) in [6.07, 6.45) is 0. The third-order valence-electron chi connectivity index (χ3n) is 5.66. The Bertz CT molecular complexity index is 1570. The summed E-state index contributed by atoms with van der Waals surface area (Å²) < 4.78 is 7.20. The number of amides is 3. The monoisotopic (exact) mass is 509 g/mol. The van der Waals surface area contributed by atoms with Gasteiger partial charge in [0.25, 0.3) is 5.91 Å². The standard InChI is InChI=1S/C23H17Cl2N7O3/c1-11-28-17-8-12(7-15(25)21(17)35-11)20-19(22(26)33)18-10-31(5-6-32(18)30-20)23(34)29-13-3-4-16(27-2)14(24)9-13/h3-4,7-9H,5-6,10H2,1H3,(H2,26,33)(H,29,34). The molecule has 3 amide bonds. The van der Waals surface area contributed by atoms with E-state index in [1.165, 1.54) is 12.1 Å². The Morgan fingerprint density at radius 2 is 2.00 bits per heavy atom. The molecule has 1 aliphatic rings. The van der Waals surface area contributed by atoms with Gasteiger partial charge in [0.15, 0.2) is 11.5 Å². The molecule has 0 radical (unpaired) electrons. The van der Waals surface area contributed by atoms with Gasteiger partial charge in [0.2, 0.25) is 5.69 Å². The van der Waals surface area contributed by atoms with Gasteiger partial charge in [0, 0.05) is 29.7 Å². The fourth-order valence-corrected chi connectivity index (χ4v) is 4.55. The maximum absolute atomic E-state index is 12.9. The summed E-state index contributed by atoms with van der Waals surface area (Å²) in [6, 6.07) is 7.65. The third kappa shape index (κ3) is 4.05. The number of hydrogen-bond donors (Lipinski definition) is 2. The molecule has 1 aliphatic heterocycles. The van der Waals surface area contributed by atoms with E-state index in [9.17, 15) is 9.59 Å². The number of aryl methyl sites for hydroxylation is 1. The number of halogens is 2. The number of urea groups is 1. The number of nitrogens with one attached hydrogen (secondary N) is 1. The van der Waals surface area contributed by atoms with E-state index in [2.05, 4.69) is 20.2 Å².